The number of benzene rings is 1. The molecular weight excluding hydrogens is 221 g/mol. The summed E-state index contributed by atoms with van der Waals surface area (Å²) in [7, 11) is 0. The van der Waals surface area contributed by atoms with E-state index < -0.39 is 5.82 Å². The molecule has 4 nitrogen and oxygen atoms in total. The van der Waals surface area contributed by atoms with Crippen molar-refractivity contribution in [2.45, 2.75) is 0 Å². The molecule has 2 aromatic heterocycles. The SMILES string of the molecule is Nc1nccnc1-c1cc2cccc(F)c2o1. The smallest absolute Gasteiger partial charge is 0.170 e. The highest BCUT2D eigenvalue weighted by molar-refractivity contribution is 5.84. The van der Waals surface area contributed by atoms with Crippen LogP contribution < -0.4 is 5.73 Å². The molecule has 0 saturated heterocycles. The average molecular weight is 229 g/mol. The molecule has 17 heavy (non-hydrogen) atoms. The third kappa shape index (κ3) is 1.52. The quantitative estimate of drug-likeness (QED) is 0.696. The van der Waals surface area contributed by atoms with Gasteiger partial charge >= 0.3 is 0 Å². The van der Waals surface area contributed by atoms with Gasteiger partial charge in [0, 0.05) is 17.8 Å². The molecule has 0 aliphatic heterocycles. The normalized spacial score (nSPS) is 10.9. The second-order valence-corrected chi connectivity index (χ2v) is 3.56. The van der Waals surface area contributed by atoms with Gasteiger partial charge in [-0.25, -0.2) is 14.4 Å². The highest BCUT2D eigenvalue weighted by Gasteiger charge is 2.12. The molecule has 5 heteroatoms. The molecule has 1 aromatic carbocycles. The summed E-state index contributed by atoms with van der Waals surface area (Å²) in [5, 5.41) is 0.671. The van der Waals surface area contributed by atoms with Crippen molar-refractivity contribution < 1.29 is 8.81 Å². The van der Waals surface area contributed by atoms with E-state index in [1.54, 1.807) is 18.2 Å². The lowest BCUT2D eigenvalue weighted by Crippen LogP contribution is -1.94. The summed E-state index contributed by atoms with van der Waals surface area (Å²) in [6.07, 6.45) is 3.00. The topological polar surface area (TPSA) is 64.9 Å². The van der Waals surface area contributed by atoms with Gasteiger partial charge in [0.1, 0.15) is 5.69 Å². The lowest BCUT2D eigenvalue weighted by molar-refractivity contribution is 0.567. The van der Waals surface area contributed by atoms with Crippen LogP contribution in [0.4, 0.5) is 10.2 Å². The number of anilines is 1. The molecule has 0 aliphatic carbocycles. The summed E-state index contributed by atoms with van der Waals surface area (Å²) >= 11 is 0. The molecule has 0 bridgehead atoms. The molecule has 0 atom stereocenters. The van der Waals surface area contributed by atoms with Crippen molar-refractivity contribution in [3.05, 3.63) is 42.5 Å². The fraction of sp³-hybridized carbons (Fsp3) is 0. The van der Waals surface area contributed by atoms with E-state index in [1.807, 2.05) is 0 Å². The Hall–Kier alpha value is -2.43. The highest BCUT2D eigenvalue weighted by Crippen LogP contribution is 2.29. The van der Waals surface area contributed by atoms with Gasteiger partial charge in [0.15, 0.2) is 23.0 Å². The van der Waals surface area contributed by atoms with Gasteiger partial charge in [0.2, 0.25) is 0 Å². The first-order chi connectivity index (χ1) is 8.25. The number of para-hydroxylation sites is 1. The van der Waals surface area contributed by atoms with Crippen LogP contribution in [0.25, 0.3) is 22.4 Å². The van der Waals surface area contributed by atoms with E-state index >= 15 is 0 Å². The van der Waals surface area contributed by atoms with Gasteiger partial charge in [-0.2, -0.15) is 0 Å². The molecule has 3 rings (SSSR count). The zero-order valence-corrected chi connectivity index (χ0v) is 8.72. The minimum atomic E-state index is -0.406. The Morgan fingerprint density at radius 3 is 2.76 bits per heavy atom. The zero-order valence-electron chi connectivity index (χ0n) is 8.72. The first-order valence-electron chi connectivity index (χ1n) is 5.00. The van der Waals surface area contributed by atoms with Gasteiger partial charge in [-0.1, -0.05) is 12.1 Å². The number of hydrogen-bond acceptors (Lipinski definition) is 4. The zero-order chi connectivity index (χ0) is 11.8. The molecule has 0 spiro atoms. The van der Waals surface area contributed by atoms with Gasteiger partial charge in [-0.05, 0) is 12.1 Å². The van der Waals surface area contributed by atoms with Crippen LogP contribution >= 0.6 is 0 Å². The summed E-state index contributed by atoms with van der Waals surface area (Å²) in [6.45, 7) is 0. The summed E-state index contributed by atoms with van der Waals surface area (Å²) in [5.74, 6) is 0.263. The number of furan rings is 1. The summed E-state index contributed by atoms with van der Waals surface area (Å²) in [5.41, 5.74) is 6.31. The van der Waals surface area contributed by atoms with Crippen LogP contribution in [-0.2, 0) is 0 Å². The van der Waals surface area contributed by atoms with Crippen molar-refractivity contribution in [3.8, 4) is 11.5 Å². The van der Waals surface area contributed by atoms with Crippen molar-refractivity contribution in [1.82, 2.24) is 9.97 Å². The Morgan fingerprint density at radius 1 is 1.18 bits per heavy atom. The van der Waals surface area contributed by atoms with Crippen molar-refractivity contribution >= 4 is 16.8 Å². The minimum Gasteiger partial charge on any atom is -0.451 e. The van der Waals surface area contributed by atoms with Crippen molar-refractivity contribution in [2.24, 2.45) is 0 Å². The summed E-state index contributed by atoms with van der Waals surface area (Å²) in [6, 6.07) is 6.42. The monoisotopic (exact) mass is 229 g/mol. The Balaban J connectivity index is 2.26. The molecule has 84 valence electrons. The van der Waals surface area contributed by atoms with Crippen LogP contribution in [0.1, 0.15) is 0 Å². The number of nitrogen functional groups attached to an aromatic ring is 1. The maximum absolute atomic E-state index is 13.5. The number of nitrogens with two attached hydrogens (primary N) is 1. The van der Waals surface area contributed by atoms with E-state index in [1.165, 1.54) is 18.5 Å². The number of fused-ring (bicyclic) bond motifs is 1. The van der Waals surface area contributed by atoms with Crippen LogP contribution in [0, 0.1) is 5.82 Å². The number of halogens is 1. The minimum absolute atomic E-state index is 0.201. The molecule has 0 amide bonds. The summed E-state index contributed by atoms with van der Waals surface area (Å²) in [4.78, 5) is 7.98. The van der Waals surface area contributed by atoms with Gasteiger partial charge in [0.25, 0.3) is 0 Å². The van der Waals surface area contributed by atoms with E-state index in [4.69, 9.17) is 10.2 Å². The van der Waals surface area contributed by atoms with Gasteiger partial charge in [0.05, 0.1) is 0 Å². The van der Waals surface area contributed by atoms with E-state index in [0.29, 0.717) is 16.8 Å². The molecule has 0 fully saturated rings. The largest absolute Gasteiger partial charge is 0.451 e. The van der Waals surface area contributed by atoms with Crippen LogP contribution in [-0.4, -0.2) is 9.97 Å². The molecule has 0 unspecified atom stereocenters. The molecule has 2 N–H and O–H groups in total. The van der Waals surface area contributed by atoms with E-state index in [0.717, 1.165) is 0 Å². The molecule has 3 aromatic rings. The second-order valence-electron chi connectivity index (χ2n) is 3.56. The predicted molar refractivity (Wildman–Crippen MR) is 61.6 cm³/mol. The molecular formula is C12H8FN3O. The van der Waals surface area contributed by atoms with E-state index in [2.05, 4.69) is 9.97 Å². The third-order valence-electron chi connectivity index (χ3n) is 2.46. The van der Waals surface area contributed by atoms with Gasteiger partial charge in [-0.15, -0.1) is 0 Å². The Kier molecular flexibility index (Phi) is 2.04. The average Bonchev–Trinajstić information content (AvgIpc) is 2.75. The van der Waals surface area contributed by atoms with Crippen LogP contribution in [0.15, 0.2) is 41.1 Å². The van der Waals surface area contributed by atoms with Gasteiger partial charge in [-0.3, -0.25) is 0 Å². The number of rotatable bonds is 1. The standard InChI is InChI=1S/C12H8FN3O/c13-8-3-1-2-7-6-9(17-11(7)8)10-12(14)16-5-4-15-10/h1-6H,(H2,14,16). The lowest BCUT2D eigenvalue weighted by Gasteiger charge is -1.97. The number of hydrogen-bond donors (Lipinski definition) is 1. The summed E-state index contributed by atoms with van der Waals surface area (Å²) < 4.78 is 18.9. The van der Waals surface area contributed by atoms with Crippen LogP contribution in [0.3, 0.4) is 0 Å². The fourth-order valence-corrected chi connectivity index (χ4v) is 1.68. The van der Waals surface area contributed by atoms with Crippen LogP contribution in [0.2, 0.25) is 0 Å². The second kappa shape index (κ2) is 3.55. The predicted octanol–water partition coefficient (Wildman–Crippen LogP) is 2.61. The first-order valence-corrected chi connectivity index (χ1v) is 5.00. The first kappa shape index (κ1) is 9.77. The maximum Gasteiger partial charge on any atom is 0.170 e. The maximum atomic E-state index is 13.5. The molecule has 0 radical (unpaired) electrons. The lowest BCUT2D eigenvalue weighted by atomic mass is 10.2. The van der Waals surface area contributed by atoms with Crippen LogP contribution in [0.5, 0.6) is 0 Å². The Bertz CT molecular complexity index is 693. The van der Waals surface area contributed by atoms with E-state index in [-0.39, 0.29) is 11.4 Å². The Morgan fingerprint density at radius 2 is 2.00 bits per heavy atom. The molecule has 0 aliphatic rings. The highest BCUT2D eigenvalue weighted by atomic mass is 19.1. The van der Waals surface area contributed by atoms with Crippen molar-refractivity contribution in [1.29, 1.82) is 0 Å². The van der Waals surface area contributed by atoms with E-state index in [9.17, 15) is 4.39 Å². The van der Waals surface area contributed by atoms with Crippen molar-refractivity contribution in [2.75, 3.05) is 5.73 Å². The third-order valence-corrected chi connectivity index (χ3v) is 2.46. The number of aromatic nitrogens is 2. The molecule has 0 saturated carbocycles. The Labute approximate surface area is 95.9 Å². The van der Waals surface area contributed by atoms with Gasteiger partial charge < -0.3 is 10.2 Å². The fourth-order valence-electron chi connectivity index (χ4n) is 1.68. The molecule has 2 heterocycles. The van der Waals surface area contributed by atoms with Crippen molar-refractivity contribution in [3.63, 3.8) is 0 Å². The number of nitrogens with zero attached hydrogens (tertiary/aromatic N) is 2.